The van der Waals surface area contributed by atoms with E-state index in [0.717, 1.165) is 5.56 Å². The van der Waals surface area contributed by atoms with E-state index in [4.69, 9.17) is 10.5 Å². The Hall–Kier alpha value is -1.23. The molecular formula is C13H16F3NO. The molecule has 0 spiro atoms. The minimum Gasteiger partial charge on any atom is -0.487 e. The van der Waals surface area contributed by atoms with E-state index in [-0.39, 0.29) is 5.60 Å². The highest BCUT2D eigenvalue weighted by Gasteiger charge is 2.36. The number of ether oxygens (including phenoxy) is 1. The maximum Gasteiger partial charge on any atom is 0.390 e. The topological polar surface area (TPSA) is 35.2 Å². The van der Waals surface area contributed by atoms with Crippen LogP contribution in [0.25, 0.3) is 0 Å². The zero-order valence-corrected chi connectivity index (χ0v) is 10.3. The van der Waals surface area contributed by atoms with Crippen molar-refractivity contribution in [1.29, 1.82) is 0 Å². The summed E-state index contributed by atoms with van der Waals surface area (Å²) >= 11 is 0. The molecule has 0 saturated heterocycles. The second kappa shape index (κ2) is 4.16. The number of hydrogen-bond acceptors (Lipinski definition) is 2. The fraction of sp³-hybridized carbons (Fsp3) is 0.538. The average Bonchev–Trinajstić information content (AvgIpc) is 2.47. The minimum absolute atomic E-state index is 0.379. The van der Waals surface area contributed by atoms with E-state index in [1.807, 2.05) is 19.9 Å². The van der Waals surface area contributed by atoms with Crippen LogP contribution in [-0.2, 0) is 6.42 Å². The van der Waals surface area contributed by atoms with E-state index in [1.54, 1.807) is 12.1 Å². The summed E-state index contributed by atoms with van der Waals surface area (Å²) < 4.78 is 42.8. The van der Waals surface area contributed by atoms with Crippen LogP contribution in [0.1, 0.15) is 37.4 Å². The summed E-state index contributed by atoms with van der Waals surface area (Å²) in [7, 11) is 0. The summed E-state index contributed by atoms with van der Waals surface area (Å²) in [5.74, 6) is 0.527. The lowest BCUT2D eigenvalue weighted by atomic mass is 9.97. The number of hydrogen-bond donors (Lipinski definition) is 1. The van der Waals surface area contributed by atoms with Gasteiger partial charge in [-0.1, -0.05) is 18.2 Å². The summed E-state index contributed by atoms with van der Waals surface area (Å²) in [4.78, 5) is 0. The van der Waals surface area contributed by atoms with Crippen LogP contribution in [-0.4, -0.2) is 11.8 Å². The van der Waals surface area contributed by atoms with Crippen molar-refractivity contribution in [2.75, 3.05) is 0 Å². The molecule has 0 amide bonds. The Kier molecular flexibility index (Phi) is 3.05. The number of nitrogens with two attached hydrogens (primary N) is 1. The van der Waals surface area contributed by atoms with Crippen LogP contribution in [0.3, 0.4) is 0 Å². The van der Waals surface area contributed by atoms with E-state index in [1.165, 1.54) is 0 Å². The highest BCUT2D eigenvalue weighted by Crippen LogP contribution is 2.41. The van der Waals surface area contributed by atoms with E-state index in [0.29, 0.717) is 17.7 Å². The van der Waals surface area contributed by atoms with Crippen LogP contribution >= 0.6 is 0 Å². The van der Waals surface area contributed by atoms with E-state index >= 15 is 0 Å². The number of benzene rings is 1. The van der Waals surface area contributed by atoms with Crippen LogP contribution < -0.4 is 10.5 Å². The smallest absolute Gasteiger partial charge is 0.390 e. The van der Waals surface area contributed by atoms with E-state index < -0.39 is 18.6 Å². The van der Waals surface area contributed by atoms with Gasteiger partial charge in [0.05, 0.1) is 6.42 Å². The van der Waals surface area contributed by atoms with Crippen molar-refractivity contribution in [3.63, 3.8) is 0 Å². The SMILES string of the molecule is CC1(C)Cc2cccc([C@@H](N)CC(F)(F)F)c2O1. The van der Waals surface area contributed by atoms with Crippen molar-refractivity contribution in [1.82, 2.24) is 0 Å². The van der Waals surface area contributed by atoms with Crippen molar-refractivity contribution >= 4 is 0 Å². The molecule has 100 valence electrons. The highest BCUT2D eigenvalue weighted by molar-refractivity contribution is 5.47. The van der Waals surface area contributed by atoms with Gasteiger partial charge in [-0.15, -0.1) is 0 Å². The van der Waals surface area contributed by atoms with Crippen LogP contribution in [0.5, 0.6) is 5.75 Å². The fourth-order valence-corrected chi connectivity index (χ4v) is 2.29. The lowest BCUT2D eigenvalue weighted by molar-refractivity contribution is -0.138. The molecule has 1 atom stereocenters. The largest absolute Gasteiger partial charge is 0.487 e. The first-order valence-electron chi connectivity index (χ1n) is 5.81. The maximum atomic E-state index is 12.4. The number of para-hydroxylation sites is 1. The van der Waals surface area contributed by atoms with Crippen molar-refractivity contribution in [3.8, 4) is 5.75 Å². The predicted molar refractivity (Wildman–Crippen MR) is 62.5 cm³/mol. The Labute approximate surface area is 104 Å². The molecule has 2 rings (SSSR count). The molecule has 0 radical (unpaired) electrons. The summed E-state index contributed by atoms with van der Waals surface area (Å²) in [5, 5.41) is 0. The molecule has 0 saturated carbocycles. The van der Waals surface area contributed by atoms with E-state index in [9.17, 15) is 13.2 Å². The Balaban J connectivity index is 2.29. The minimum atomic E-state index is -4.27. The summed E-state index contributed by atoms with van der Waals surface area (Å²) in [6.45, 7) is 3.82. The first-order chi connectivity index (χ1) is 8.18. The van der Waals surface area contributed by atoms with Gasteiger partial charge in [0.1, 0.15) is 11.4 Å². The van der Waals surface area contributed by atoms with Gasteiger partial charge in [0.2, 0.25) is 0 Å². The zero-order valence-electron chi connectivity index (χ0n) is 10.3. The zero-order chi connectivity index (χ0) is 13.6. The third-order valence-electron chi connectivity index (χ3n) is 2.97. The van der Waals surface area contributed by atoms with Crippen molar-refractivity contribution in [3.05, 3.63) is 29.3 Å². The Morgan fingerprint density at radius 2 is 2.06 bits per heavy atom. The van der Waals surface area contributed by atoms with Crippen LogP contribution in [0, 0.1) is 0 Å². The Morgan fingerprint density at radius 3 is 2.67 bits per heavy atom. The molecule has 0 unspecified atom stereocenters. The highest BCUT2D eigenvalue weighted by atomic mass is 19.4. The molecule has 0 aromatic heterocycles. The average molecular weight is 259 g/mol. The Bertz CT molecular complexity index is 454. The monoisotopic (exact) mass is 259 g/mol. The van der Waals surface area contributed by atoms with Gasteiger partial charge in [0.25, 0.3) is 0 Å². The second-order valence-corrected chi connectivity index (χ2v) is 5.30. The van der Waals surface area contributed by atoms with Crippen molar-refractivity contribution in [2.24, 2.45) is 5.73 Å². The van der Waals surface area contributed by atoms with Gasteiger partial charge in [-0.05, 0) is 19.4 Å². The third kappa shape index (κ3) is 2.77. The Morgan fingerprint density at radius 1 is 1.39 bits per heavy atom. The number of rotatable bonds is 2. The maximum absolute atomic E-state index is 12.4. The van der Waals surface area contributed by atoms with Gasteiger partial charge in [-0.3, -0.25) is 0 Å². The van der Waals surface area contributed by atoms with Gasteiger partial charge in [0.15, 0.2) is 0 Å². The molecule has 0 bridgehead atoms. The summed E-state index contributed by atoms with van der Waals surface area (Å²) in [5.41, 5.74) is 6.63. The van der Waals surface area contributed by atoms with Crippen LogP contribution in [0.2, 0.25) is 0 Å². The van der Waals surface area contributed by atoms with Crippen LogP contribution in [0.4, 0.5) is 13.2 Å². The predicted octanol–water partition coefficient (Wildman–Crippen LogP) is 3.35. The molecule has 1 aliphatic rings. The normalized spacial score (nSPS) is 19.2. The number of halogens is 3. The molecule has 2 nitrogen and oxygen atoms in total. The van der Waals surface area contributed by atoms with Gasteiger partial charge in [-0.25, -0.2) is 0 Å². The molecule has 1 aliphatic heterocycles. The molecule has 2 N–H and O–H groups in total. The first-order valence-corrected chi connectivity index (χ1v) is 5.81. The number of alkyl halides is 3. The van der Waals surface area contributed by atoms with Crippen LogP contribution in [0.15, 0.2) is 18.2 Å². The fourth-order valence-electron chi connectivity index (χ4n) is 2.29. The van der Waals surface area contributed by atoms with Gasteiger partial charge in [-0.2, -0.15) is 13.2 Å². The molecule has 1 heterocycles. The molecule has 5 heteroatoms. The third-order valence-corrected chi connectivity index (χ3v) is 2.97. The molecule has 1 aromatic rings. The standard InChI is InChI=1S/C13H16F3NO/c1-12(2)6-8-4-3-5-9(11(8)18-12)10(17)7-13(14,15)16/h3-5,10H,6-7,17H2,1-2H3/t10-/m0/s1. The quantitative estimate of drug-likeness (QED) is 0.884. The van der Waals surface area contributed by atoms with Crippen molar-refractivity contribution < 1.29 is 17.9 Å². The summed E-state index contributed by atoms with van der Waals surface area (Å²) in [6, 6.07) is 4.13. The van der Waals surface area contributed by atoms with Gasteiger partial charge in [0, 0.05) is 18.0 Å². The molecular weight excluding hydrogens is 243 g/mol. The molecule has 1 aromatic carbocycles. The van der Waals surface area contributed by atoms with Crippen molar-refractivity contribution in [2.45, 2.75) is 44.5 Å². The second-order valence-electron chi connectivity index (χ2n) is 5.30. The first kappa shape index (κ1) is 13.2. The number of fused-ring (bicyclic) bond motifs is 1. The van der Waals surface area contributed by atoms with Gasteiger partial charge < -0.3 is 10.5 Å². The van der Waals surface area contributed by atoms with Gasteiger partial charge >= 0.3 is 6.18 Å². The van der Waals surface area contributed by atoms with E-state index in [2.05, 4.69) is 0 Å². The molecule has 18 heavy (non-hydrogen) atoms. The lowest BCUT2D eigenvalue weighted by Crippen LogP contribution is -2.25. The lowest BCUT2D eigenvalue weighted by Gasteiger charge is -2.20. The molecule has 0 fully saturated rings. The summed E-state index contributed by atoms with van der Waals surface area (Å²) in [6.07, 6.45) is -4.61. The molecule has 0 aliphatic carbocycles.